The van der Waals surface area contributed by atoms with Crippen molar-refractivity contribution in [3.63, 3.8) is 0 Å². The van der Waals surface area contributed by atoms with Crippen LogP contribution in [0.4, 0.5) is 0 Å². The van der Waals surface area contributed by atoms with E-state index in [1.54, 1.807) is 36.1 Å². The Hall–Kier alpha value is -3.81. The van der Waals surface area contributed by atoms with Gasteiger partial charge in [-0.25, -0.2) is 4.68 Å². The summed E-state index contributed by atoms with van der Waals surface area (Å²) in [6.45, 7) is 1.44. The highest BCUT2D eigenvalue weighted by Crippen LogP contribution is 2.37. The molecular formula is C30H30ClN3O4. The molecule has 2 heterocycles. The van der Waals surface area contributed by atoms with Gasteiger partial charge in [0, 0.05) is 36.3 Å². The van der Waals surface area contributed by atoms with Gasteiger partial charge in [-0.3, -0.25) is 4.79 Å². The van der Waals surface area contributed by atoms with Crippen molar-refractivity contribution >= 4 is 17.5 Å². The molecule has 1 atom stereocenters. The fourth-order valence-electron chi connectivity index (χ4n) is 4.68. The van der Waals surface area contributed by atoms with Crippen molar-refractivity contribution in [3.8, 4) is 28.6 Å². The van der Waals surface area contributed by atoms with Gasteiger partial charge in [0.15, 0.2) is 11.5 Å². The minimum Gasteiger partial charge on any atom is -0.493 e. The second-order valence-electron chi connectivity index (χ2n) is 9.20. The zero-order valence-electron chi connectivity index (χ0n) is 21.5. The van der Waals surface area contributed by atoms with E-state index in [2.05, 4.69) is 0 Å². The number of carbonyl (C=O) groups is 1. The van der Waals surface area contributed by atoms with E-state index in [9.17, 15) is 4.79 Å². The van der Waals surface area contributed by atoms with E-state index in [0.29, 0.717) is 41.1 Å². The summed E-state index contributed by atoms with van der Waals surface area (Å²) in [7, 11) is 3.45. The standard InChI is InChI=1S/C30H30ClN3O4/c1-33-30(38-27-13-7-6-12-26(27)36-2)25(28(32-33)21-9-4-3-5-10-21)20-34(19-24-11-8-18-37-24)29(35)22-14-16-23(31)17-15-22/h3-7,9-10,12-17,24H,8,11,18-20H2,1-2H3/t24-/m1/s1. The summed E-state index contributed by atoms with van der Waals surface area (Å²) in [5.74, 6) is 1.60. The third kappa shape index (κ3) is 5.69. The Bertz CT molecular complexity index is 1380. The number of para-hydroxylation sites is 2. The molecule has 5 rings (SSSR count). The Balaban J connectivity index is 1.57. The molecule has 1 aromatic heterocycles. The maximum Gasteiger partial charge on any atom is 0.254 e. The van der Waals surface area contributed by atoms with Crippen LogP contribution in [0.1, 0.15) is 28.8 Å². The molecule has 0 aliphatic carbocycles. The molecule has 1 amide bonds. The molecule has 0 spiro atoms. The number of halogens is 1. The van der Waals surface area contributed by atoms with Crippen molar-refractivity contribution in [3.05, 3.63) is 95.0 Å². The van der Waals surface area contributed by atoms with Crippen molar-refractivity contribution in [2.45, 2.75) is 25.5 Å². The van der Waals surface area contributed by atoms with Crippen molar-refractivity contribution in [1.82, 2.24) is 14.7 Å². The van der Waals surface area contributed by atoms with Gasteiger partial charge in [0.1, 0.15) is 5.69 Å². The lowest BCUT2D eigenvalue weighted by atomic mass is 10.1. The van der Waals surface area contributed by atoms with Crippen LogP contribution in [0.2, 0.25) is 5.02 Å². The Morgan fingerprint density at radius 3 is 2.45 bits per heavy atom. The van der Waals surface area contributed by atoms with Gasteiger partial charge in [-0.1, -0.05) is 54.1 Å². The number of aryl methyl sites for hydroxylation is 1. The molecule has 0 saturated carbocycles. The molecule has 0 unspecified atom stereocenters. The molecular weight excluding hydrogens is 502 g/mol. The SMILES string of the molecule is COc1ccccc1Oc1c(CN(C[C@H]2CCCO2)C(=O)c2ccc(Cl)cc2)c(-c2ccccc2)nn1C. The number of benzene rings is 3. The van der Waals surface area contributed by atoms with Gasteiger partial charge in [0.2, 0.25) is 5.88 Å². The molecule has 0 radical (unpaired) electrons. The third-order valence-corrected chi connectivity index (χ3v) is 6.84. The molecule has 4 aromatic rings. The van der Waals surface area contributed by atoms with Gasteiger partial charge in [-0.2, -0.15) is 5.10 Å². The number of aromatic nitrogens is 2. The maximum absolute atomic E-state index is 13.8. The van der Waals surface area contributed by atoms with E-state index in [1.165, 1.54) is 0 Å². The van der Waals surface area contributed by atoms with Crippen LogP contribution < -0.4 is 9.47 Å². The summed E-state index contributed by atoms with van der Waals surface area (Å²) in [4.78, 5) is 15.6. The summed E-state index contributed by atoms with van der Waals surface area (Å²) >= 11 is 6.09. The summed E-state index contributed by atoms with van der Waals surface area (Å²) in [5.41, 5.74) is 3.04. The van der Waals surface area contributed by atoms with Crippen LogP contribution in [0.25, 0.3) is 11.3 Å². The predicted molar refractivity (Wildman–Crippen MR) is 147 cm³/mol. The third-order valence-electron chi connectivity index (χ3n) is 6.59. The molecule has 38 heavy (non-hydrogen) atoms. The zero-order valence-corrected chi connectivity index (χ0v) is 22.2. The highest BCUT2D eigenvalue weighted by atomic mass is 35.5. The largest absolute Gasteiger partial charge is 0.493 e. The second-order valence-corrected chi connectivity index (χ2v) is 9.64. The Morgan fingerprint density at radius 2 is 1.76 bits per heavy atom. The molecule has 196 valence electrons. The van der Waals surface area contributed by atoms with E-state index < -0.39 is 0 Å². The average molecular weight is 532 g/mol. The lowest BCUT2D eigenvalue weighted by Gasteiger charge is -2.26. The summed E-state index contributed by atoms with van der Waals surface area (Å²) < 4.78 is 19.6. The number of amides is 1. The summed E-state index contributed by atoms with van der Waals surface area (Å²) in [5, 5.41) is 5.41. The Morgan fingerprint density at radius 1 is 1.05 bits per heavy atom. The van der Waals surface area contributed by atoms with Crippen LogP contribution in [0.5, 0.6) is 17.4 Å². The molecule has 3 aromatic carbocycles. The van der Waals surface area contributed by atoms with Crippen LogP contribution in [-0.4, -0.2) is 47.0 Å². The molecule has 8 heteroatoms. The zero-order chi connectivity index (χ0) is 26.5. The van der Waals surface area contributed by atoms with Gasteiger partial charge in [0.05, 0.1) is 25.3 Å². The topological polar surface area (TPSA) is 65.8 Å². The first-order chi connectivity index (χ1) is 18.5. The van der Waals surface area contributed by atoms with E-state index in [1.807, 2.05) is 66.5 Å². The summed E-state index contributed by atoms with van der Waals surface area (Å²) in [6.07, 6.45) is 1.87. The van der Waals surface area contributed by atoms with Crippen LogP contribution in [0.3, 0.4) is 0 Å². The van der Waals surface area contributed by atoms with E-state index in [4.69, 9.17) is 30.9 Å². The maximum atomic E-state index is 13.8. The summed E-state index contributed by atoms with van der Waals surface area (Å²) in [6, 6.07) is 24.3. The molecule has 7 nitrogen and oxygen atoms in total. The molecule has 0 bridgehead atoms. The lowest BCUT2D eigenvalue weighted by Crippen LogP contribution is -2.37. The second kappa shape index (κ2) is 11.7. The number of methoxy groups -OCH3 is 1. The fraction of sp³-hybridized carbons (Fsp3) is 0.267. The van der Waals surface area contributed by atoms with Gasteiger partial charge in [0.25, 0.3) is 5.91 Å². The fourth-order valence-corrected chi connectivity index (χ4v) is 4.80. The minimum atomic E-state index is -0.108. The molecule has 1 aliphatic rings. The van der Waals surface area contributed by atoms with Crippen LogP contribution in [-0.2, 0) is 18.3 Å². The molecule has 0 N–H and O–H groups in total. The first kappa shape index (κ1) is 25.8. The molecule has 1 aliphatic heterocycles. The monoisotopic (exact) mass is 531 g/mol. The van der Waals surface area contributed by atoms with E-state index >= 15 is 0 Å². The lowest BCUT2D eigenvalue weighted by molar-refractivity contribution is 0.0506. The first-order valence-corrected chi connectivity index (χ1v) is 13.0. The Kier molecular flexibility index (Phi) is 7.96. The van der Waals surface area contributed by atoms with E-state index in [-0.39, 0.29) is 18.6 Å². The highest BCUT2D eigenvalue weighted by molar-refractivity contribution is 6.30. The van der Waals surface area contributed by atoms with Crippen LogP contribution in [0, 0.1) is 0 Å². The highest BCUT2D eigenvalue weighted by Gasteiger charge is 2.28. The van der Waals surface area contributed by atoms with Gasteiger partial charge in [-0.05, 0) is 49.2 Å². The van der Waals surface area contributed by atoms with Crippen LogP contribution >= 0.6 is 11.6 Å². The van der Waals surface area contributed by atoms with Crippen molar-refractivity contribution < 1.29 is 19.0 Å². The minimum absolute atomic E-state index is 0.0262. The average Bonchev–Trinajstić information content (AvgIpc) is 3.57. The van der Waals surface area contributed by atoms with Crippen LogP contribution in [0.15, 0.2) is 78.9 Å². The van der Waals surface area contributed by atoms with Crippen molar-refractivity contribution in [1.29, 1.82) is 0 Å². The number of hydrogen-bond donors (Lipinski definition) is 0. The number of rotatable bonds is 9. The molecule has 1 saturated heterocycles. The molecule has 1 fully saturated rings. The quantitative estimate of drug-likeness (QED) is 0.251. The van der Waals surface area contributed by atoms with E-state index in [0.717, 1.165) is 29.7 Å². The number of ether oxygens (including phenoxy) is 3. The Labute approximate surface area is 227 Å². The number of carbonyl (C=O) groups excluding carboxylic acids is 1. The van der Waals surface area contributed by atoms with Crippen molar-refractivity contribution in [2.24, 2.45) is 7.05 Å². The smallest absolute Gasteiger partial charge is 0.254 e. The van der Waals surface area contributed by atoms with Gasteiger partial charge < -0.3 is 19.1 Å². The number of hydrogen-bond acceptors (Lipinski definition) is 5. The normalized spacial score (nSPS) is 14.9. The predicted octanol–water partition coefficient (Wildman–Crippen LogP) is 6.36. The van der Waals surface area contributed by atoms with Crippen molar-refractivity contribution in [2.75, 3.05) is 20.3 Å². The first-order valence-electron chi connectivity index (χ1n) is 12.6. The van der Waals surface area contributed by atoms with Gasteiger partial charge in [-0.15, -0.1) is 0 Å². The number of nitrogens with zero attached hydrogens (tertiary/aromatic N) is 3. The van der Waals surface area contributed by atoms with Gasteiger partial charge >= 0.3 is 0 Å².